The van der Waals surface area contributed by atoms with Gasteiger partial charge in [-0.15, -0.1) is 0 Å². The van der Waals surface area contributed by atoms with E-state index in [0.29, 0.717) is 18.8 Å². The van der Waals surface area contributed by atoms with Crippen molar-refractivity contribution < 1.29 is 14.3 Å². The van der Waals surface area contributed by atoms with E-state index < -0.39 is 23.6 Å². The normalized spacial score (nSPS) is 19.1. The monoisotopic (exact) mass is 410 g/mol. The molecule has 2 aromatic rings. The Hall–Kier alpha value is -3.54. The number of para-hydroxylation sites is 1. The molecule has 0 spiro atoms. The van der Waals surface area contributed by atoms with Crippen molar-refractivity contribution in [3.05, 3.63) is 42.1 Å². The Labute approximate surface area is 175 Å². The third-order valence-corrected chi connectivity index (χ3v) is 4.77. The van der Waals surface area contributed by atoms with Gasteiger partial charge in [0.15, 0.2) is 5.82 Å². The van der Waals surface area contributed by atoms with Crippen LogP contribution in [0.3, 0.4) is 0 Å². The van der Waals surface area contributed by atoms with E-state index in [0.717, 1.165) is 5.69 Å². The number of piperidine rings is 1. The standard InChI is InChI=1S/C21H26N6O3/c1-21(2,3)30-20(29)26-10-9-14(11-22)17(13-26)27-12-16(18(23)28)19(25-27)24-15-7-5-4-6-8-15/h4-8,12,14,17H,9-10,13H2,1-3H3,(H2,23,28)(H,24,25)/t14-,17+/m0/s1. The molecule has 1 aliphatic rings. The van der Waals surface area contributed by atoms with E-state index in [4.69, 9.17) is 10.5 Å². The van der Waals surface area contributed by atoms with Crippen molar-refractivity contribution >= 4 is 23.5 Å². The van der Waals surface area contributed by atoms with Crippen LogP contribution in [0.25, 0.3) is 0 Å². The average Bonchev–Trinajstić information content (AvgIpc) is 3.11. The minimum Gasteiger partial charge on any atom is -0.444 e. The summed E-state index contributed by atoms with van der Waals surface area (Å²) in [6.45, 7) is 6.08. The van der Waals surface area contributed by atoms with Crippen LogP contribution < -0.4 is 11.1 Å². The lowest BCUT2D eigenvalue weighted by Gasteiger charge is -2.36. The number of nitrogens with one attached hydrogen (secondary N) is 1. The van der Waals surface area contributed by atoms with E-state index in [2.05, 4.69) is 16.5 Å². The van der Waals surface area contributed by atoms with E-state index >= 15 is 0 Å². The van der Waals surface area contributed by atoms with E-state index in [9.17, 15) is 14.9 Å². The average molecular weight is 410 g/mol. The van der Waals surface area contributed by atoms with Crippen LogP contribution in [0.2, 0.25) is 0 Å². The molecule has 158 valence electrons. The number of nitrogens with two attached hydrogens (primary N) is 1. The summed E-state index contributed by atoms with van der Waals surface area (Å²) in [6, 6.07) is 11.1. The summed E-state index contributed by atoms with van der Waals surface area (Å²) in [4.78, 5) is 26.0. The lowest BCUT2D eigenvalue weighted by Crippen LogP contribution is -2.46. The van der Waals surface area contributed by atoms with E-state index in [1.165, 1.54) is 6.20 Å². The maximum Gasteiger partial charge on any atom is 0.410 e. The fraction of sp³-hybridized carbons (Fsp3) is 0.429. The van der Waals surface area contributed by atoms with Crippen LogP contribution in [-0.4, -0.2) is 45.4 Å². The number of nitrogens with zero attached hydrogens (tertiary/aromatic N) is 4. The van der Waals surface area contributed by atoms with Crippen LogP contribution in [0, 0.1) is 17.2 Å². The molecule has 9 nitrogen and oxygen atoms in total. The van der Waals surface area contributed by atoms with Gasteiger partial charge in [0.2, 0.25) is 0 Å². The highest BCUT2D eigenvalue weighted by atomic mass is 16.6. The highest BCUT2D eigenvalue weighted by Crippen LogP contribution is 2.30. The van der Waals surface area contributed by atoms with Crippen molar-refractivity contribution in [2.75, 3.05) is 18.4 Å². The second-order valence-electron chi connectivity index (χ2n) is 8.24. The van der Waals surface area contributed by atoms with Gasteiger partial charge in [-0.05, 0) is 39.3 Å². The number of hydrogen-bond donors (Lipinski definition) is 2. The second-order valence-corrected chi connectivity index (χ2v) is 8.24. The number of benzene rings is 1. The number of carbonyl (C=O) groups excluding carboxylic acids is 2. The Morgan fingerprint density at radius 3 is 2.60 bits per heavy atom. The summed E-state index contributed by atoms with van der Waals surface area (Å²) in [5.41, 5.74) is 5.89. The predicted molar refractivity (Wildman–Crippen MR) is 111 cm³/mol. The van der Waals surface area contributed by atoms with Crippen LogP contribution in [0.4, 0.5) is 16.3 Å². The molecule has 1 saturated heterocycles. The van der Waals surface area contributed by atoms with Gasteiger partial charge in [0.05, 0.1) is 18.0 Å². The number of primary amides is 1. The van der Waals surface area contributed by atoms with Gasteiger partial charge in [-0.1, -0.05) is 18.2 Å². The first-order valence-electron chi connectivity index (χ1n) is 9.76. The number of nitriles is 1. The van der Waals surface area contributed by atoms with Crippen LogP contribution in [0.5, 0.6) is 0 Å². The molecular formula is C21H26N6O3. The van der Waals surface area contributed by atoms with Gasteiger partial charge in [0, 0.05) is 25.0 Å². The molecule has 1 aromatic heterocycles. The Kier molecular flexibility index (Phi) is 5.96. The van der Waals surface area contributed by atoms with Crippen LogP contribution in [0.15, 0.2) is 36.5 Å². The molecule has 0 unspecified atom stereocenters. The first kappa shape index (κ1) is 21.2. The number of amides is 2. The van der Waals surface area contributed by atoms with Crippen molar-refractivity contribution in [3.8, 4) is 6.07 Å². The van der Waals surface area contributed by atoms with Crippen LogP contribution in [-0.2, 0) is 4.74 Å². The fourth-order valence-electron chi connectivity index (χ4n) is 3.33. The van der Waals surface area contributed by atoms with Crippen molar-refractivity contribution in [1.29, 1.82) is 5.26 Å². The zero-order valence-corrected chi connectivity index (χ0v) is 17.3. The van der Waals surface area contributed by atoms with E-state index in [-0.39, 0.29) is 18.0 Å². The summed E-state index contributed by atoms with van der Waals surface area (Å²) in [5, 5.41) is 17.2. The van der Waals surface area contributed by atoms with Crippen molar-refractivity contribution in [3.63, 3.8) is 0 Å². The van der Waals surface area contributed by atoms with Crippen LogP contribution in [0.1, 0.15) is 43.6 Å². The number of ether oxygens (including phenoxy) is 1. The molecule has 1 aromatic carbocycles. The number of carbonyl (C=O) groups is 2. The second kappa shape index (κ2) is 8.45. The lowest BCUT2D eigenvalue weighted by molar-refractivity contribution is 0.0135. The van der Waals surface area contributed by atoms with Gasteiger partial charge in [0.25, 0.3) is 5.91 Å². The van der Waals surface area contributed by atoms with Gasteiger partial charge in [0.1, 0.15) is 11.2 Å². The van der Waals surface area contributed by atoms with Gasteiger partial charge in [-0.3, -0.25) is 9.48 Å². The highest BCUT2D eigenvalue weighted by molar-refractivity contribution is 5.98. The van der Waals surface area contributed by atoms with Gasteiger partial charge in [-0.25, -0.2) is 4.79 Å². The molecule has 0 aliphatic carbocycles. The molecule has 0 saturated carbocycles. The lowest BCUT2D eigenvalue weighted by atomic mass is 9.93. The zero-order valence-electron chi connectivity index (χ0n) is 17.3. The largest absolute Gasteiger partial charge is 0.444 e. The van der Waals surface area contributed by atoms with Crippen molar-refractivity contribution in [1.82, 2.24) is 14.7 Å². The number of rotatable bonds is 4. The summed E-state index contributed by atoms with van der Waals surface area (Å²) < 4.78 is 7.02. The molecule has 0 bridgehead atoms. The molecule has 2 heterocycles. The number of hydrogen-bond acceptors (Lipinski definition) is 6. The van der Waals surface area contributed by atoms with E-state index in [1.54, 1.807) is 30.4 Å². The van der Waals surface area contributed by atoms with Crippen LogP contribution >= 0.6 is 0 Å². The third-order valence-electron chi connectivity index (χ3n) is 4.77. The molecule has 1 fully saturated rings. The Morgan fingerprint density at radius 1 is 1.30 bits per heavy atom. The smallest absolute Gasteiger partial charge is 0.410 e. The maximum absolute atomic E-state index is 12.5. The molecule has 0 radical (unpaired) electrons. The Bertz CT molecular complexity index is 957. The number of anilines is 2. The quantitative estimate of drug-likeness (QED) is 0.798. The third kappa shape index (κ3) is 4.89. The topological polar surface area (TPSA) is 126 Å². The molecule has 1 aliphatic heterocycles. The number of aromatic nitrogens is 2. The first-order valence-corrected chi connectivity index (χ1v) is 9.76. The summed E-state index contributed by atoms with van der Waals surface area (Å²) in [7, 11) is 0. The molecule has 2 amide bonds. The molecule has 2 atom stereocenters. The summed E-state index contributed by atoms with van der Waals surface area (Å²) in [5.74, 6) is -0.693. The SMILES string of the molecule is CC(C)(C)OC(=O)N1CC[C@@H](C#N)[C@H](n2cc(C(N)=O)c(Nc3ccccc3)n2)C1. The fourth-order valence-corrected chi connectivity index (χ4v) is 3.33. The highest BCUT2D eigenvalue weighted by Gasteiger charge is 2.36. The first-order chi connectivity index (χ1) is 14.2. The van der Waals surface area contributed by atoms with Gasteiger partial charge in [-0.2, -0.15) is 10.4 Å². The number of likely N-dealkylation sites (tertiary alicyclic amines) is 1. The van der Waals surface area contributed by atoms with Gasteiger partial charge >= 0.3 is 6.09 Å². The molecular weight excluding hydrogens is 384 g/mol. The molecule has 3 N–H and O–H groups in total. The summed E-state index contributed by atoms with van der Waals surface area (Å²) in [6.07, 6.45) is 1.57. The Morgan fingerprint density at radius 2 is 2.00 bits per heavy atom. The predicted octanol–water partition coefficient (Wildman–Crippen LogP) is 3.05. The van der Waals surface area contributed by atoms with E-state index in [1.807, 2.05) is 30.3 Å². The zero-order chi connectivity index (χ0) is 21.9. The molecule has 9 heteroatoms. The molecule has 30 heavy (non-hydrogen) atoms. The Balaban J connectivity index is 1.88. The summed E-state index contributed by atoms with van der Waals surface area (Å²) >= 11 is 0. The molecule has 3 rings (SSSR count). The minimum atomic E-state index is -0.631. The van der Waals surface area contributed by atoms with Crippen molar-refractivity contribution in [2.45, 2.75) is 38.8 Å². The van der Waals surface area contributed by atoms with Crippen molar-refractivity contribution in [2.24, 2.45) is 11.7 Å². The van der Waals surface area contributed by atoms with Gasteiger partial charge < -0.3 is 20.7 Å². The maximum atomic E-state index is 12.5. The minimum absolute atomic E-state index is 0.213.